The number of hydrogen-bond acceptors (Lipinski definition) is 10. The summed E-state index contributed by atoms with van der Waals surface area (Å²) in [6.45, 7) is 3.17. The quantitative estimate of drug-likeness (QED) is 0.460. The van der Waals surface area contributed by atoms with E-state index in [1.165, 1.54) is 6.92 Å². The molecule has 0 saturated carbocycles. The molecule has 2 aliphatic carbocycles. The number of aromatic hydroxyl groups is 1. The van der Waals surface area contributed by atoms with Crippen LogP contribution in [0.2, 0.25) is 0 Å². The number of rotatable bonds is 6. The number of likely N-dealkylation sites (N-methyl/N-ethyl adjacent to an activating group) is 1. The molecule has 1 fully saturated rings. The van der Waals surface area contributed by atoms with Crippen molar-refractivity contribution in [1.82, 2.24) is 4.90 Å². The van der Waals surface area contributed by atoms with E-state index in [1.54, 1.807) is 12.1 Å². The Bertz CT molecular complexity index is 1150. The molecule has 36 heavy (non-hydrogen) atoms. The molecule has 0 unspecified atom stereocenters. The maximum atomic E-state index is 12.8. The molecule has 6 atom stereocenters. The van der Waals surface area contributed by atoms with E-state index in [1.807, 2.05) is 13.1 Å². The highest BCUT2D eigenvalue weighted by Gasteiger charge is 2.72. The standard InChI is InChI=1S/C25H29NO9.ClH/c1-12(27)16(29)11-19(30)33-13(2)23(31)34-17-6-7-25(32)18-10-14-4-5-15(28)21-20(14)24(25,22(17)35-21)8-9-26(18)3;/h4-6,13,16,18,22,28-29,32H,7-11H2,1-3H3;1H/t13-,16-,18+,22-,24-,25+;/m0./s1. The van der Waals surface area contributed by atoms with Crippen LogP contribution in [0.15, 0.2) is 24.0 Å². The fraction of sp³-hybridized carbons (Fsp3) is 0.560. The minimum atomic E-state index is -1.50. The summed E-state index contributed by atoms with van der Waals surface area (Å²) in [4.78, 5) is 38.1. The molecule has 2 aliphatic heterocycles. The molecule has 0 aromatic heterocycles. The van der Waals surface area contributed by atoms with E-state index in [0.29, 0.717) is 25.1 Å². The second-order valence-corrected chi connectivity index (χ2v) is 9.99. The zero-order chi connectivity index (χ0) is 25.3. The van der Waals surface area contributed by atoms with Crippen molar-refractivity contribution >= 4 is 30.1 Å². The zero-order valence-electron chi connectivity index (χ0n) is 20.2. The lowest BCUT2D eigenvalue weighted by Gasteiger charge is -2.61. The first kappa shape index (κ1) is 26.4. The number of halogens is 1. The average molecular weight is 524 g/mol. The lowest BCUT2D eigenvalue weighted by Crippen LogP contribution is -2.74. The fourth-order valence-electron chi connectivity index (χ4n) is 6.23. The number of phenolic OH excluding ortho intramolecular Hbond substituents is 1. The highest BCUT2D eigenvalue weighted by atomic mass is 35.5. The molecule has 2 bridgehead atoms. The van der Waals surface area contributed by atoms with Crippen molar-refractivity contribution in [1.29, 1.82) is 0 Å². The number of benzene rings is 1. The number of carbonyl (C=O) groups is 3. The first-order valence-electron chi connectivity index (χ1n) is 11.7. The number of hydrogen-bond donors (Lipinski definition) is 3. The summed E-state index contributed by atoms with van der Waals surface area (Å²) < 4.78 is 16.9. The van der Waals surface area contributed by atoms with E-state index in [-0.39, 0.29) is 36.4 Å². The second-order valence-electron chi connectivity index (χ2n) is 9.99. The van der Waals surface area contributed by atoms with E-state index in [4.69, 9.17) is 14.2 Å². The van der Waals surface area contributed by atoms with Gasteiger partial charge in [0.15, 0.2) is 29.5 Å². The van der Waals surface area contributed by atoms with Crippen molar-refractivity contribution in [2.45, 2.75) is 74.9 Å². The van der Waals surface area contributed by atoms with Crippen molar-refractivity contribution in [3.63, 3.8) is 0 Å². The van der Waals surface area contributed by atoms with Crippen LogP contribution in [0.4, 0.5) is 0 Å². The predicted molar refractivity (Wildman–Crippen MR) is 127 cm³/mol. The van der Waals surface area contributed by atoms with Gasteiger partial charge in [-0.1, -0.05) is 6.07 Å². The van der Waals surface area contributed by atoms with Gasteiger partial charge in [0.25, 0.3) is 0 Å². The summed E-state index contributed by atoms with van der Waals surface area (Å²) in [6, 6.07) is 3.26. The number of ether oxygens (including phenoxy) is 3. The Labute approximate surface area is 214 Å². The largest absolute Gasteiger partial charge is 0.504 e. The summed E-state index contributed by atoms with van der Waals surface area (Å²) in [7, 11) is 1.98. The van der Waals surface area contributed by atoms with E-state index in [2.05, 4.69) is 4.90 Å². The van der Waals surface area contributed by atoms with Crippen LogP contribution in [0, 0.1) is 0 Å². The topological polar surface area (TPSA) is 143 Å². The van der Waals surface area contributed by atoms with Crippen LogP contribution in [-0.2, 0) is 35.7 Å². The lowest BCUT2D eigenvalue weighted by atomic mass is 9.50. The number of nitrogens with zero attached hydrogens (tertiary/aromatic N) is 1. The van der Waals surface area contributed by atoms with Gasteiger partial charge in [-0.15, -0.1) is 12.4 Å². The predicted octanol–water partition coefficient (Wildman–Crippen LogP) is 0.907. The Balaban J connectivity index is 0.00000304. The van der Waals surface area contributed by atoms with Gasteiger partial charge in [0.05, 0.1) is 17.4 Å². The Morgan fingerprint density at radius 3 is 2.72 bits per heavy atom. The molecule has 1 saturated heterocycles. The minimum Gasteiger partial charge on any atom is -0.504 e. The Kier molecular flexibility index (Phi) is 6.62. The molecule has 2 heterocycles. The lowest BCUT2D eigenvalue weighted by molar-refractivity contribution is -0.176. The van der Waals surface area contributed by atoms with Gasteiger partial charge < -0.3 is 34.4 Å². The molecule has 10 nitrogen and oxygen atoms in total. The molecule has 4 aliphatic rings. The third-order valence-corrected chi connectivity index (χ3v) is 8.04. The van der Waals surface area contributed by atoms with Gasteiger partial charge in [-0.3, -0.25) is 9.59 Å². The highest BCUT2D eigenvalue weighted by Crippen LogP contribution is 2.65. The molecule has 5 rings (SSSR count). The summed E-state index contributed by atoms with van der Waals surface area (Å²) in [5, 5.41) is 32.2. The number of aliphatic hydroxyl groups is 2. The molecule has 1 aromatic rings. The summed E-state index contributed by atoms with van der Waals surface area (Å²) in [6.07, 6.45) is -1.21. The van der Waals surface area contributed by atoms with Crippen LogP contribution in [0.5, 0.6) is 11.5 Å². The van der Waals surface area contributed by atoms with Crippen molar-refractivity contribution < 1.29 is 43.9 Å². The van der Waals surface area contributed by atoms with Gasteiger partial charge in [-0.2, -0.15) is 0 Å². The van der Waals surface area contributed by atoms with E-state index >= 15 is 0 Å². The number of esters is 2. The molecule has 1 spiro atoms. The van der Waals surface area contributed by atoms with Crippen LogP contribution in [0.3, 0.4) is 0 Å². The summed E-state index contributed by atoms with van der Waals surface area (Å²) >= 11 is 0. The van der Waals surface area contributed by atoms with Crippen molar-refractivity contribution in [3.05, 3.63) is 35.1 Å². The van der Waals surface area contributed by atoms with Crippen molar-refractivity contribution in [3.8, 4) is 11.5 Å². The third-order valence-electron chi connectivity index (χ3n) is 8.04. The average Bonchev–Trinajstić information content (AvgIpc) is 3.15. The Morgan fingerprint density at radius 1 is 1.31 bits per heavy atom. The van der Waals surface area contributed by atoms with Crippen LogP contribution in [0.25, 0.3) is 0 Å². The molecule has 196 valence electrons. The summed E-state index contributed by atoms with van der Waals surface area (Å²) in [5.74, 6) is -1.89. The number of Topliss-reactive ketones (excluding diaryl/α,β-unsaturated/α-hetero) is 1. The smallest absolute Gasteiger partial charge is 0.352 e. The van der Waals surface area contributed by atoms with Crippen molar-refractivity contribution in [2.24, 2.45) is 0 Å². The van der Waals surface area contributed by atoms with Gasteiger partial charge >= 0.3 is 11.9 Å². The molecule has 3 N–H and O–H groups in total. The number of aliphatic hydroxyl groups excluding tert-OH is 1. The monoisotopic (exact) mass is 523 g/mol. The van der Waals surface area contributed by atoms with E-state index < -0.39 is 53.5 Å². The first-order chi connectivity index (χ1) is 16.5. The van der Waals surface area contributed by atoms with Gasteiger partial charge in [-0.05, 0) is 58.0 Å². The Morgan fingerprint density at radius 2 is 2.03 bits per heavy atom. The van der Waals surface area contributed by atoms with E-state index in [0.717, 1.165) is 18.1 Å². The normalized spacial score (nSPS) is 31.1. The number of ketones is 1. The molecule has 11 heteroatoms. The second kappa shape index (κ2) is 9.02. The molecule has 0 radical (unpaired) electrons. The molecule has 0 amide bonds. The molecule has 1 aromatic carbocycles. The molecular formula is C25H30ClNO9. The van der Waals surface area contributed by atoms with Gasteiger partial charge in [-0.25, -0.2) is 4.79 Å². The Hall–Kier alpha value is -2.66. The number of likely N-dealkylation sites (tertiary alicyclic amines) is 1. The molecular weight excluding hydrogens is 494 g/mol. The summed E-state index contributed by atoms with van der Waals surface area (Å²) in [5.41, 5.74) is -0.330. The number of carbonyl (C=O) groups excluding carboxylic acids is 3. The van der Waals surface area contributed by atoms with Crippen molar-refractivity contribution in [2.75, 3.05) is 13.6 Å². The van der Waals surface area contributed by atoms with Crippen LogP contribution in [-0.4, -0.2) is 81.5 Å². The van der Waals surface area contributed by atoms with E-state index in [9.17, 15) is 29.7 Å². The highest BCUT2D eigenvalue weighted by molar-refractivity contribution is 5.86. The maximum absolute atomic E-state index is 12.8. The maximum Gasteiger partial charge on any atom is 0.352 e. The number of piperidine rings is 1. The number of phenols is 1. The minimum absolute atomic E-state index is 0. The fourth-order valence-corrected chi connectivity index (χ4v) is 6.23. The third kappa shape index (κ3) is 3.61. The van der Waals surface area contributed by atoms with Crippen LogP contribution < -0.4 is 4.74 Å². The van der Waals surface area contributed by atoms with Crippen LogP contribution >= 0.6 is 12.4 Å². The van der Waals surface area contributed by atoms with Gasteiger partial charge in [0.2, 0.25) is 0 Å². The van der Waals surface area contributed by atoms with Crippen LogP contribution in [0.1, 0.15) is 44.2 Å². The van der Waals surface area contributed by atoms with Gasteiger partial charge in [0.1, 0.15) is 11.9 Å². The van der Waals surface area contributed by atoms with Gasteiger partial charge in [0, 0.05) is 18.0 Å². The first-order valence-corrected chi connectivity index (χ1v) is 11.7. The SMILES string of the molecule is CC(=O)[C@@H](O)CC(=O)O[C@@H](C)C(=O)OC1=CC[C@@]2(O)[C@H]3Cc4ccc(O)c5c4[C@@]2(CCN3C)[C@H]1O5.Cl. The zero-order valence-corrected chi connectivity index (χ0v) is 21.0.